The molecule has 7 heteroatoms. The number of aryl methyl sites for hydroxylation is 1. The molecule has 2 aromatic heterocycles. The summed E-state index contributed by atoms with van der Waals surface area (Å²) in [7, 11) is 4.03. The fraction of sp³-hybridized carbons (Fsp3) is 0.471. The fourth-order valence-electron chi connectivity index (χ4n) is 2.20. The van der Waals surface area contributed by atoms with Crippen LogP contribution in [-0.4, -0.2) is 39.2 Å². The molecule has 0 aliphatic carbocycles. The smallest absolute Gasteiger partial charge is 0.194 e. The summed E-state index contributed by atoms with van der Waals surface area (Å²) >= 11 is 1.74. The van der Waals surface area contributed by atoms with Gasteiger partial charge in [-0.3, -0.25) is 0 Å². The summed E-state index contributed by atoms with van der Waals surface area (Å²) < 4.78 is 1.97. The summed E-state index contributed by atoms with van der Waals surface area (Å²) in [4.78, 5) is 8.17. The molecule has 0 radical (unpaired) electrons. The molecular formula is C17H26N6S. The molecule has 0 saturated carbocycles. The second-order valence-electron chi connectivity index (χ2n) is 5.65. The molecule has 0 fully saturated rings. The Kier molecular flexibility index (Phi) is 6.99. The Morgan fingerprint density at radius 1 is 1.50 bits per heavy atom. The number of guanidine groups is 1. The monoisotopic (exact) mass is 346 g/mol. The normalized spacial score (nSPS) is 11.5. The lowest BCUT2D eigenvalue weighted by atomic mass is 10.3. The van der Waals surface area contributed by atoms with Crippen molar-refractivity contribution in [2.75, 3.05) is 13.6 Å². The van der Waals surface area contributed by atoms with Gasteiger partial charge in [-0.25, -0.2) is 4.99 Å². The Balaban J connectivity index is 2.03. The maximum atomic E-state index is 4.73. The molecule has 0 atom stereocenters. The molecule has 0 bridgehead atoms. The van der Waals surface area contributed by atoms with Gasteiger partial charge in [-0.05, 0) is 31.2 Å². The van der Waals surface area contributed by atoms with Crippen molar-refractivity contribution in [2.45, 2.75) is 32.9 Å². The number of allylic oxidation sites excluding steroid dienone is 1. The Morgan fingerprint density at radius 2 is 2.33 bits per heavy atom. The predicted octanol–water partition coefficient (Wildman–Crippen LogP) is 2.73. The average molecular weight is 347 g/mol. The van der Waals surface area contributed by atoms with Crippen LogP contribution in [0, 0.1) is 6.92 Å². The van der Waals surface area contributed by atoms with Crippen LogP contribution in [-0.2, 0) is 20.1 Å². The molecule has 24 heavy (non-hydrogen) atoms. The second kappa shape index (κ2) is 9.22. The van der Waals surface area contributed by atoms with Crippen molar-refractivity contribution in [3.63, 3.8) is 0 Å². The van der Waals surface area contributed by atoms with Crippen LogP contribution in [0.2, 0.25) is 0 Å². The minimum Gasteiger partial charge on any atom is -0.351 e. The van der Waals surface area contributed by atoms with Crippen LogP contribution in [0.15, 0.2) is 35.2 Å². The highest BCUT2D eigenvalue weighted by atomic mass is 32.1. The highest BCUT2D eigenvalue weighted by Gasteiger charge is 2.09. The van der Waals surface area contributed by atoms with E-state index in [1.54, 1.807) is 11.3 Å². The molecule has 0 aliphatic heterocycles. The summed E-state index contributed by atoms with van der Waals surface area (Å²) in [5, 5.41) is 13.8. The molecule has 1 N–H and O–H groups in total. The van der Waals surface area contributed by atoms with Crippen LogP contribution in [0.3, 0.4) is 0 Å². The highest BCUT2D eigenvalue weighted by molar-refractivity contribution is 7.09. The van der Waals surface area contributed by atoms with Gasteiger partial charge in [-0.2, -0.15) is 0 Å². The predicted molar refractivity (Wildman–Crippen MR) is 100 cm³/mol. The fourth-order valence-corrected chi connectivity index (χ4v) is 2.85. The Morgan fingerprint density at radius 3 is 2.96 bits per heavy atom. The van der Waals surface area contributed by atoms with E-state index < -0.39 is 0 Å². The van der Waals surface area contributed by atoms with Gasteiger partial charge < -0.3 is 14.8 Å². The lowest BCUT2D eigenvalue weighted by Gasteiger charge is -2.22. The second-order valence-corrected chi connectivity index (χ2v) is 6.68. The quantitative estimate of drug-likeness (QED) is 0.346. The molecule has 2 aromatic rings. The van der Waals surface area contributed by atoms with E-state index in [1.807, 2.05) is 24.6 Å². The highest BCUT2D eigenvalue weighted by Crippen LogP contribution is 2.08. The first kappa shape index (κ1) is 18.2. The van der Waals surface area contributed by atoms with Crippen molar-refractivity contribution in [3.8, 4) is 0 Å². The molecule has 0 aliphatic rings. The van der Waals surface area contributed by atoms with Gasteiger partial charge in [-0.15, -0.1) is 28.1 Å². The average Bonchev–Trinajstić information content (AvgIpc) is 3.20. The van der Waals surface area contributed by atoms with Crippen LogP contribution in [0.4, 0.5) is 0 Å². The molecule has 0 saturated heterocycles. The Hall–Kier alpha value is -2.15. The zero-order valence-electron chi connectivity index (χ0n) is 14.7. The summed E-state index contributed by atoms with van der Waals surface area (Å²) in [6, 6.07) is 4.19. The molecule has 130 valence electrons. The zero-order chi connectivity index (χ0) is 17.4. The van der Waals surface area contributed by atoms with Gasteiger partial charge in [0.05, 0.1) is 6.54 Å². The minimum atomic E-state index is 0.510. The SMILES string of the molecule is C=CCCCN(C)C(=NCc1nnc(C)n1C)NCc1cccs1. The van der Waals surface area contributed by atoms with E-state index in [0.717, 1.165) is 43.5 Å². The first-order chi connectivity index (χ1) is 11.6. The maximum absolute atomic E-state index is 4.73. The van der Waals surface area contributed by atoms with E-state index in [2.05, 4.69) is 51.6 Å². The van der Waals surface area contributed by atoms with Crippen molar-refractivity contribution in [1.82, 2.24) is 25.0 Å². The molecule has 6 nitrogen and oxygen atoms in total. The van der Waals surface area contributed by atoms with Gasteiger partial charge in [0.25, 0.3) is 0 Å². The molecule has 0 amide bonds. The summed E-state index contributed by atoms with van der Waals surface area (Å²) in [5.74, 6) is 2.64. The number of aromatic nitrogens is 3. The summed E-state index contributed by atoms with van der Waals surface area (Å²) in [5.41, 5.74) is 0. The molecule has 2 rings (SSSR count). The number of hydrogen-bond acceptors (Lipinski definition) is 4. The third kappa shape index (κ3) is 5.19. The molecule has 0 spiro atoms. The first-order valence-electron chi connectivity index (χ1n) is 8.09. The van der Waals surface area contributed by atoms with Crippen LogP contribution in [0.25, 0.3) is 0 Å². The van der Waals surface area contributed by atoms with Crippen molar-refractivity contribution in [1.29, 1.82) is 0 Å². The molecular weight excluding hydrogens is 320 g/mol. The van der Waals surface area contributed by atoms with Gasteiger partial charge in [0.1, 0.15) is 12.4 Å². The maximum Gasteiger partial charge on any atom is 0.194 e. The summed E-state index contributed by atoms with van der Waals surface area (Å²) in [6.07, 6.45) is 4.01. The van der Waals surface area contributed by atoms with Crippen LogP contribution in [0.5, 0.6) is 0 Å². The van der Waals surface area contributed by atoms with E-state index in [9.17, 15) is 0 Å². The van der Waals surface area contributed by atoms with Crippen molar-refractivity contribution in [2.24, 2.45) is 12.0 Å². The van der Waals surface area contributed by atoms with Crippen LogP contribution >= 0.6 is 11.3 Å². The van der Waals surface area contributed by atoms with Gasteiger partial charge in [-0.1, -0.05) is 12.1 Å². The van der Waals surface area contributed by atoms with E-state index in [-0.39, 0.29) is 0 Å². The lowest BCUT2D eigenvalue weighted by Crippen LogP contribution is -2.39. The number of thiophene rings is 1. The van der Waals surface area contributed by atoms with Crippen molar-refractivity contribution >= 4 is 17.3 Å². The van der Waals surface area contributed by atoms with E-state index in [0.29, 0.717) is 6.54 Å². The van der Waals surface area contributed by atoms with Gasteiger partial charge in [0, 0.05) is 25.5 Å². The molecule has 2 heterocycles. The summed E-state index contributed by atoms with van der Waals surface area (Å²) in [6.45, 7) is 7.94. The van der Waals surface area contributed by atoms with Gasteiger partial charge in [0.2, 0.25) is 0 Å². The number of hydrogen-bond donors (Lipinski definition) is 1. The van der Waals surface area contributed by atoms with E-state index >= 15 is 0 Å². The Bertz CT molecular complexity index is 659. The number of unbranched alkanes of at least 4 members (excludes halogenated alkanes) is 1. The minimum absolute atomic E-state index is 0.510. The third-order valence-corrected chi connectivity index (χ3v) is 4.69. The first-order valence-corrected chi connectivity index (χ1v) is 8.97. The largest absolute Gasteiger partial charge is 0.351 e. The van der Waals surface area contributed by atoms with Gasteiger partial charge >= 0.3 is 0 Å². The Labute approximate surface area is 147 Å². The zero-order valence-corrected chi connectivity index (χ0v) is 15.5. The van der Waals surface area contributed by atoms with Crippen molar-refractivity contribution < 1.29 is 0 Å². The van der Waals surface area contributed by atoms with E-state index in [4.69, 9.17) is 4.99 Å². The molecule has 0 aromatic carbocycles. The molecule has 0 unspecified atom stereocenters. The van der Waals surface area contributed by atoms with Crippen molar-refractivity contribution in [3.05, 3.63) is 46.7 Å². The van der Waals surface area contributed by atoms with Gasteiger partial charge in [0.15, 0.2) is 11.8 Å². The van der Waals surface area contributed by atoms with Crippen LogP contribution in [0.1, 0.15) is 29.4 Å². The number of nitrogens with one attached hydrogen (secondary N) is 1. The topological polar surface area (TPSA) is 58.3 Å². The number of aliphatic imine (C=N–C) groups is 1. The van der Waals surface area contributed by atoms with Crippen LogP contribution < -0.4 is 5.32 Å². The third-order valence-electron chi connectivity index (χ3n) is 3.82. The standard InChI is InChI=1S/C17H26N6S/c1-5-6-7-10-22(3)17(18-12-15-9-8-11-24-15)19-13-16-21-20-14(2)23(16)4/h5,8-9,11H,1,6-7,10,12-13H2,2-4H3,(H,18,19). The number of nitrogens with zero attached hydrogens (tertiary/aromatic N) is 5. The number of rotatable bonds is 8. The lowest BCUT2D eigenvalue weighted by molar-refractivity contribution is 0.467. The van der Waals surface area contributed by atoms with E-state index in [1.165, 1.54) is 4.88 Å².